The third-order valence-corrected chi connectivity index (χ3v) is 2.15. The first-order chi connectivity index (χ1) is 7.04. The Morgan fingerprint density at radius 2 is 2.19 bits per heavy atom. The van der Waals surface area contributed by atoms with E-state index in [9.17, 15) is 9.18 Å². The Morgan fingerprint density at radius 1 is 1.56 bits per heavy atom. The minimum absolute atomic E-state index is 0. The highest BCUT2D eigenvalue weighted by molar-refractivity contribution is 5.85. The summed E-state index contributed by atoms with van der Waals surface area (Å²) in [7, 11) is 1.26. The molecule has 1 atom stereocenters. The van der Waals surface area contributed by atoms with Gasteiger partial charge in [-0.2, -0.15) is 0 Å². The molecule has 0 fully saturated rings. The van der Waals surface area contributed by atoms with E-state index in [2.05, 4.69) is 4.74 Å². The fraction of sp³-hybridized carbons (Fsp3) is 0.364. The lowest BCUT2D eigenvalue weighted by atomic mass is 10.0. The molecule has 3 nitrogen and oxygen atoms in total. The summed E-state index contributed by atoms with van der Waals surface area (Å²) in [5.74, 6) is -0.871. The average molecular weight is 248 g/mol. The van der Waals surface area contributed by atoms with E-state index in [4.69, 9.17) is 5.73 Å². The smallest absolute Gasteiger partial charge is 0.322 e. The maximum absolute atomic E-state index is 13.4. The Hall–Kier alpha value is -1.13. The molecule has 0 saturated carbocycles. The van der Waals surface area contributed by atoms with Gasteiger partial charge in [0.15, 0.2) is 0 Å². The van der Waals surface area contributed by atoms with Gasteiger partial charge in [0.05, 0.1) is 7.11 Å². The van der Waals surface area contributed by atoms with Crippen LogP contribution in [0.15, 0.2) is 18.2 Å². The zero-order valence-corrected chi connectivity index (χ0v) is 10.0. The topological polar surface area (TPSA) is 52.3 Å². The number of carbonyl (C=O) groups is 1. The third kappa shape index (κ3) is 3.79. The normalized spacial score (nSPS) is 11.5. The van der Waals surface area contributed by atoms with E-state index in [1.54, 1.807) is 19.1 Å². The predicted octanol–water partition coefficient (Wildman–Crippen LogP) is 1.60. The van der Waals surface area contributed by atoms with Crippen LogP contribution in [-0.4, -0.2) is 19.1 Å². The van der Waals surface area contributed by atoms with E-state index in [1.165, 1.54) is 13.2 Å². The molecule has 0 spiro atoms. The molecule has 0 aliphatic carbocycles. The lowest BCUT2D eigenvalue weighted by Gasteiger charge is -2.10. The van der Waals surface area contributed by atoms with Crippen molar-refractivity contribution in [2.24, 2.45) is 5.73 Å². The molecule has 0 aliphatic rings. The second kappa shape index (κ2) is 6.45. The molecule has 0 heterocycles. The van der Waals surface area contributed by atoms with Crippen molar-refractivity contribution in [3.63, 3.8) is 0 Å². The third-order valence-electron chi connectivity index (χ3n) is 2.15. The maximum atomic E-state index is 13.4. The van der Waals surface area contributed by atoms with E-state index >= 15 is 0 Å². The molecule has 2 N–H and O–H groups in total. The van der Waals surface area contributed by atoms with Gasteiger partial charge >= 0.3 is 5.97 Å². The Bertz CT molecular complexity index is 371. The van der Waals surface area contributed by atoms with E-state index in [0.717, 1.165) is 5.56 Å². The molecule has 0 aromatic heterocycles. The van der Waals surface area contributed by atoms with Crippen LogP contribution in [0.3, 0.4) is 0 Å². The van der Waals surface area contributed by atoms with Crippen LogP contribution < -0.4 is 5.73 Å². The van der Waals surface area contributed by atoms with Gasteiger partial charge in [-0.1, -0.05) is 12.1 Å². The molecule has 1 aromatic rings. The maximum Gasteiger partial charge on any atom is 0.322 e. The van der Waals surface area contributed by atoms with Gasteiger partial charge in [0, 0.05) is 6.42 Å². The first kappa shape index (κ1) is 14.9. The van der Waals surface area contributed by atoms with Crippen LogP contribution in [0, 0.1) is 12.7 Å². The summed E-state index contributed by atoms with van der Waals surface area (Å²) in [6.45, 7) is 1.80. The van der Waals surface area contributed by atoms with E-state index in [1.807, 2.05) is 0 Å². The number of rotatable bonds is 3. The van der Waals surface area contributed by atoms with Crippen LogP contribution in [0.25, 0.3) is 0 Å². The number of ether oxygens (including phenoxy) is 1. The minimum Gasteiger partial charge on any atom is -0.468 e. The number of aryl methyl sites for hydroxylation is 1. The van der Waals surface area contributed by atoms with E-state index in [0.29, 0.717) is 5.56 Å². The Kier molecular flexibility index (Phi) is 6.00. The number of halogens is 2. The first-order valence-electron chi connectivity index (χ1n) is 4.63. The van der Waals surface area contributed by atoms with Gasteiger partial charge in [-0.25, -0.2) is 4.39 Å². The SMILES string of the molecule is COC(=O)[C@H](N)Cc1ccc(C)cc1F.Cl. The molecule has 0 unspecified atom stereocenters. The molecule has 0 radical (unpaired) electrons. The number of carbonyl (C=O) groups excluding carboxylic acids is 1. The lowest BCUT2D eigenvalue weighted by molar-refractivity contribution is -0.142. The number of methoxy groups -OCH3 is 1. The summed E-state index contributed by atoms with van der Waals surface area (Å²) >= 11 is 0. The van der Waals surface area contributed by atoms with Crippen molar-refractivity contribution < 1.29 is 13.9 Å². The van der Waals surface area contributed by atoms with Crippen molar-refractivity contribution in [2.75, 3.05) is 7.11 Å². The molecule has 1 rings (SSSR count). The number of benzene rings is 1. The second-order valence-electron chi connectivity index (χ2n) is 3.43. The zero-order chi connectivity index (χ0) is 11.4. The number of hydrogen-bond acceptors (Lipinski definition) is 3. The Balaban J connectivity index is 0.00000225. The highest BCUT2D eigenvalue weighted by atomic mass is 35.5. The highest BCUT2D eigenvalue weighted by Crippen LogP contribution is 2.11. The molecule has 1 aromatic carbocycles. The van der Waals surface area contributed by atoms with Crippen LogP contribution in [0.2, 0.25) is 0 Å². The minimum atomic E-state index is -0.813. The molecule has 0 bridgehead atoms. The molecule has 0 saturated heterocycles. The van der Waals surface area contributed by atoms with Crippen molar-refractivity contribution in [1.82, 2.24) is 0 Å². The summed E-state index contributed by atoms with van der Waals surface area (Å²) in [5.41, 5.74) is 6.79. The van der Waals surface area contributed by atoms with Crippen LogP contribution in [0.1, 0.15) is 11.1 Å². The van der Waals surface area contributed by atoms with E-state index < -0.39 is 12.0 Å². The van der Waals surface area contributed by atoms with Crippen molar-refractivity contribution in [2.45, 2.75) is 19.4 Å². The van der Waals surface area contributed by atoms with Crippen LogP contribution >= 0.6 is 12.4 Å². The average Bonchev–Trinajstić information content (AvgIpc) is 2.20. The van der Waals surface area contributed by atoms with Crippen molar-refractivity contribution in [1.29, 1.82) is 0 Å². The molecule has 0 aliphatic heterocycles. The van der Waals surface area contributed by atoms with Crippen LogP contribution in [0.4, 0.5) is 4.39 Å². The highest BCUT2D eigenvalue weighted by Gasteiger charge is 2.16. The van der Waals surface area contributed by atoms with Gasteiger partial charge < -0.3 is 10.5 Å². The fourth-order valence-corrected chi connectivity index (χ4v) is 1.29. The Labute approximate surface area is 100 Å². The summed E-state index contributed by atoms with van der Waals surface area (Å²) in [4.78, 5) is 11.0. The Morgan fingerprint density at radius 3 is 2.69 bits per heavy atom. The number of hydrogen-bond donors (Lipinski definition) is 1. The second-order valence-corrected chi connectivity index (χ2v) is 3.43. The van der Waals surface area contributed by atoms with Gasteiger partial charge in [-0.15, -0.1) is 12.4 Å². The quantitative estimate of drug-likeness (QED) is 0.826. The summed E-state index contributed by atoms with van der Waals surface area (Å²) < 4.78 is 17.8. The number of nitrogens with two attached hydrogens (primary N) is 1. The molecular weight excluding hydrogens is 233 g/mol. The summed E-state index contributed by atoms with van der Waals surface area (Å²) in [5, 5.41) is 0. The van der Waals surface area contributed by atoms with Crippen LogP contribution in [0.5, 0.6) is 0 Å². The van der Waals surface area contributed by atoms with Gasteiger partial charge in [-0.05, 0) is 24.1 Å². The van der Waals surface area contributed by atoms with Gasteiger partial charge in [0.2, 0.25) is 0 Å². The van der Waals surface area contributed by atoms with Gasteiger partial charge in [-0.3, -0.25) is 4.79 Å². The van der Waals surface area contributed by atoms with Crippen molar-refractivity contribution in [3.8, 4) is 0 Å². The largest absolute Gasteiger partial charge is 0.468 e. The summed E-state index contributed by atoms with van der Waals surface area (Å²) in [6, 6.07) is 4.02. The predicted molar refractivity (Wildman–Crippen MR) is 62.1 cm³/mol. The molecular formula is C11H15ClFNO2. The van der Waals surface area contributed by atoms with E-state index in [-0.39, 0.29) is 24.6 Å². The molecule has 5 heteroatoms. The molecule has 0 amide bonds. The fourth-order valence-electron chi connectivity index (χ4n) is 1.29. The molecule has 90 valence electrons. The van der Waals surface area contributed by atoms with Gasteiger partial charge in [0.25, 0.3) is 0 Å². The standard InChI is InChI=1S/C11H14FNO2.ClH/c1-7-3-4-8(9(12)5-7)6-10(13)11(14)15-2;/h3-5,10H,6,13H2,1-2H3;1H/t10-;/m1./s1. The van der Waals surface area contributed by atoms with Gasteiger partial charge in [0.1, 0.15) is 11.9 Å². The summed E-state index contributed by atoms with van der Waals surface area (Å²) in [6.07, 6.45) is 0.152. The number of esters is 1. The zero-order valence-electron chi connectivity index (χ0n) is 9.20. The van der Waals surface area contributed by atoms with Crippen molar-refractivity contribution in [3.05, 3.63) is 35.1 Å². The molecule has 16 heavy (non-hydrogen) atoms. The van der Waals surface area contributed by atoms with Crippen molar-refractivity contribution >= 4 is 18.4 Å². The monoisotopic (exact) mass is 247 g/mol. The first-order valence-corrected chi connectivity index (χ1v) is 4.63. The van der Waals surface area contributed by atoms with Crippen LogP contribution in [-0.2, 0) is 16.0 Å². The lowest BCUT2D eigenvalue weighted by Crippen LogP contribution is -2.33.